The predicted octanol–water partition coefficient (Wildman–Crippen LogP) is 6.08. The molecule has 0 spiro atoms. The van der Waals surface area contributed by atoms with Gasteiger partial charge in [-0.05, 0) is 50.1 Å². The molecule has 0 radical (unpaired) electrons. The van der Waals surface area contributed by atoms with E-state index in [1.54, 1.807) is 0 Å². The van der Waals surface area contributed by atoms with Crippen LogP contribution in [0.2, 0.25) is 0 Å². The maximum absolute atomic E-state index is 3.62. The second-order valence-corrected chi connectivity index (χ2v) is 6.71. The van der Waals surface area contributed by atoms with Gasteiger partial charge < -0.3 is 5.32 Å². The topological polar surface area (TPSA) is 12.0 Å². The Morgan fingerprint density at radius 3 is 2.30 bits per heavy atom. The Labute approximate surface area is 133 Å². The van der Waals surface area contributed by atoms with E-state index in [2.05, 4.69) is 61.2 Å². The molecule has 0 aliphatic carbocycles. The van der Waals surface area contributed by atoms with Crippen molar-refractivity contribution in [1.82, 2.24) is 5.32 Å². The first kappa shape index (κ1) is 17.7. The summed E-state index contributed by atoms with van der Waals surface area (Å²) in [5, 5.41) is 3.49. The second kappa shape index (κ2) is 9.57. The molecule has 0 saturated carbocycles. The van der Waals surface area contributed by atoms with Gasteiger partial charge in [-0.1, -0.05) is 67.4 Å². The van der Waals surface area contributed by atoms with Crippen molar-refractivity contribution >= 4 is 15.9 Å². The van der Waals surface area contributed by atoms with E-state index in [9.17, 15) is 0 Å². The fourth-order valence-electron chi connectivity index (χ4n) is 2.76. The van der Waals surface area contributed by atoms with Crippen LogP contribution < -0.4 is 5.32 Å². The van der Waals surface area contributed by atoms with Gasteiger partial charge in [-0.3, -0.25) is 0 Å². The molecule has 0 aliphatic rings. The number of benzene rings is 1. The molecule has 1 unspecified atom stereocenters. The smallest absolute Gasteiger partial charge is 0.0320 e. The van der Waals surface area contributed by atoms with Gasteiger partial charge in [0.15, 0.2) is 0 Å². The Hall–Kier alpha value is -0.340. The number of hydrogen-bond acceptors (Lipinski definition) is 1. The molecule has 0 heterocycles. The molecule has 0 aromatic heterocycles. The Balaban J connectivity index is 2.52. The summed E-state index contributed by atoms with van der Waals surface area (Å²) in [4.78, 5) is 0. The highest BCUT2D eigenvalue weighted by atomic mass is 79.9. The zero-order valence-electron chi connectivity index (χ0n) is 13.6. The van der Waals surface area contributed by atoms with Gasteiger partial charge in [-0.25, -0.2) is 0 Å². The van der Waals surface area contributed by atoms with Crippen molar-refractivity contribution in [2.45, 2.75) is 71.8 Å². The average Bonchev–Trinajstić information content (AvgIpc) is 2.43. The van der Waals surface area contributed by atoms with Crippen molar-refractivity contribution < 1.29 is 0 Å². The molecule has 1 aromatic carbocycles. The maximum atomic E-state index is 3.62. The first-order chi connectivity index (χ1) is 9.60. The average molecular weight is 340 g/mol. The van der Waals surface area contributed by atoms with Gasteiger partial charge in [0.05, 0.1) is 0 Å². The van der Waals surface area contributed by atoms with Crippen molar-refractivity contribution in [2.24, 2.45) is 0 Å². The Kier molecular flexibility index (Phi) is 8.47. The molecule has 0 aliphatic heterocycles. The van der Waals surface area contributed by atoms with Crippen molar-refractivity contribution in [3.05, 3.63) is 33.3 Å². The van der Waals surface area contributed by atoms with Crippen LogP contribution in [0.1, 0.15) is 74.6 Å². The summed E-state index contributed by atoms with van der Waals surface area (Å²) in [5.41, 5.74) is 4.17. The summed E-state index contributed by atoms with van der Waals surface area (Å²) >= 11 is 3.62. The number of rotatable bonds is 9. The maximum Gasteiger partial charge on any atom is 0.0320 e. The number of nitrogens with one attached hydrogen (secondary N) is 1. The van der Waals surface area contributed by atoms with Crippen LogP contribution in [-0.2, 0) is 0 Å². The summed E-state index contributed by atoms with van der Waals surface area (Å²) < 4.78 is 1.22. The molecular formula is C18H30BrN. The lowest BCUT2D eigenvalue weighted by Crippen LogP contribution is -2.17. The fourth-order valence-corrected chi connectivity index (χ4v) is 3.22. The summed E-state index contributed by atoms with van der Waals surface area (Å²) in [7, 11) is 2.08. The van der Waals surface area contributed by atoms with E-state index < -0.39 is 0 Å². The van der Waals surface area contributed by atoms with E-state index >= 15 is 0 Å². The summed E-state index contributed by atoms with van der Waals surface area (Å²) in [6.07, 6.45) is 9.44. The number of hydrogen-bond donors (Lipinski definition) is 1. The second-order valence-electron chi connectivity index (χ2n) is 5.86. The normalized spacial score (nSPS) is 12.7. The van der Waals surface area contributed by atoms with Gasteiger partial charge in [-0.15, -0.1) is 0 Å². The molecule has 1 atom stereocenters. The lowest BCUT2D eigenvalue weighted by molar-refractivity contribution is 0.496. The zero-order valence-corrected chi connectivity index (χ0v) is 15.1. The highest BCUT2D eigenvalue weighted by Crippen LogP contribution is 2.28. The highest BCUT2D eigenvalue weighted by Gasteiger charge is 2.13. The third-order valence-electron chi connectivity index (χ3n) is 4.12. The van der Waals surface area contributed by atoms with E-state index in [-0.39, 0.29) is 0 Å². The number of aryl methyl sites for hydroxylation is 2. The monoisotopic (exact) mass is 339 g/mol. The van der Waals surface area contributed by atoms with E-state index in [1.165, 1.54) is 66.1 Å². The van der Waals surface area contributed by atoms with Crippen LogP contribution >= 0.6 is 15.9 Å². The van der Waals surface area contributed by atoms with E-state index in [0.717, 1.165) is 0 Å². The Morgan fingerprint density at radius 2 is 1.65 bits per heavy atom. The lowest BCUT2D eigenvalue weighted by Gasteiger charge is -2.20. The van der Waals surface area contributed by atoms with Crippen LogP contribution in [0.25, 0.3) is 0 Å². The van der Waals surface area contributed by atoms with Crippen molar-refractivity contribution in [3.63, 3.8) is 0 Å². The minimum Gasteiger partial charge on any atom is -0.313 e. The van der Waals surface area contributed by atoms with Crippen LogP contribution in [0.4, 0.5) is 0 Å². The largest absolute Gasteiger partial charge is 0.313 e. The molecule has 0 saturated heterocycles. The van der Waals surface area contributed by atoms with Crippen LogP contribution in [0, 0.1) is 13.8 Å². The third kappa shape index (κ3) is 5.57. The summed E-state index contributed by atoms with van der Waals surface area (Å²) in [6.45, 7) is 6.66. The molecule has 1 aromatic rings. The molecule has 0 bridgehead atoms. The van der Waals surface area contributed by atoms with E-state index in [4.69, 9.17) is 0 Å². The minimum atomic E-state index is 0.493. The van der Waals surface area contributed by atoms with Crippen LogP contribution in [0.15, 0.2) is 16.6 Å². The SMILES string of the molecule is CCCCCCCCC(NC)c1cc(C)c(Br)cc1C. The zero-order chi connectivity index (χ0) is 15.0. The first-order valence-corrected chi connectivity index (χ1v) is 8.83. The molecule has 1 nitrogen and oxygen atoms in total. The van der Waals surface area contributed by atoms with Crippen LogP contribution in [0.3, 0.4) is 0 Å². The minimum absolute atomic E-state index is 0.493. The van der Waals surface area contributed by atoms with Crippen molar-refractivity contribution in [3.8, 4) is 0 Å². The Morgan fingerprint density at radius 1 is 1.00 bits per heavy atom. The fraction of sp³-hybridized carbons (Fsp3) is 0.667. The highest BCUT2D eigenvalue weighted by molar-refractivity contribution is 9.10. The Bertz CT molecular complexity index is 401. The van der Waals surface area contributed by atoms with Crippen molar-refractivity contribution in [1.29, 1.82) is 0 Å². The summed E-state index contributed by atoms with van der Waals surface area (Å²) in [6, 6.07) is 5.07. The van der Waals surface area contributed by atoms with E-state index in [1.807, 2.05) is 0 Å². The van der Waals surface area contributed by atoms with Gasteiger partial charge in [0, 0.05) is 10.5 Å². The van der Waals surface area contributed by atoms with Gasteiger partial charge in [0.25, 0.3) is 0 Å². The number of unbranched alkanes of at least 4 members (excludes halogenated alkanes) is 5. The molecule has 1 rings (SSSR count). The van der Waals surface area contributed by atoms with Crippen LogP contribution in [0.5, 0.6) is 0 Å². The molecule has 2 heteroatoms. The standard InChI is InChI=1S/C18H30BrN/c1-5-6-7-8-9-10-11-18(20-4)16-12-15(3)17(19)13-14(16)2/h12-13,18,20H,5-11H2,1-4H3. The summed E-state index contributed by atoms with van der Waals surface area (Å²) in [5.74, 6) is 0. The van der Waals surface area contributed by atoms with Gasteiger partial charge in [0.2, 0.25) is 0 Å². The number of halogens is 1. The quantitative estimate of drug-likeness (QED) is 0.537. The first-order valence-electron chi connectivity index (χ1n) is 8.04. The molecule has 1 N–H and O–H groups in total. The molecule has 0 fully saturated rings. The third-order valence-corrected chi connectivity index (χ3v) is 4.97. The van der Waals surface area contributed by atoms with Crippen molar-refractivity contribution in [2.75, 3.05) is 7.05 Å². The van der Waals surface area contributed by atoms with Gasteiger partial charge in [-0.2, -0.15) is 0 Å². The van der Waals surface area contributed by atoms with E-state index in [0.29, 0.717) is 6.04 Å². The van der Waals surface area contributed by atoms with Crippen LogP contribution in [-0.4, -0.2) is 7.05 Å². The predicted molar refractivity (Wildman–Crippen MR) is 93.4 cm³/mol. The molecule has 20 heavy (non-hydrogen) atoms. The molecule has 114 valence electrons. The molecule has 0 amide bonds. The molecular weight excluding hydrogens is 310 g/mol. The lowest BCUT2D eigenvalue weighted by atomic mass is 9.94. The van der Waals surface area contributed by atoms with Gasteiger partial charge >= 0.3 is 0 Å². The van der Waals surface area contributed by atoms with Gasteiger partial charge in [0.1, 0.15) is 0 Å².